The summed E-state index contributed by atoms with van der Waals surface area (Å²) in [7, 11) is 0. The van der Waals surface area contributed by atoms with E-state index in [-0.39, 0.29) is 18.4 Å². The highest BCUT2D eigenvalue weighted by Crippen LogP contribution is 2.38. The van der Waals surface area contributed by atoms with Crippen LogP contribution in [0.2, 0.25) is 0 Å². The van der Waals surface area contributed by atoms with Gasteiger partial charge in [-0.05, 0) is 42.7 Å². The molecule has 0 saturated heterocycles. The first-order valence-corrected chi connectivity index (χ1v) is 11.5. The van der Waals surface area contributed by atoms with Crippen LogP contribution in [0.15, 0.2) is 48.0 Å². The van der Waals surface area contributed by atoms with Crippen LogP contribution in [0.1, 0.15) is 27.2 Å². The van der Waals surface area contributed by atoms with Crippen LogP contribution in [0, 0.1) is 5.92 Å². The molecule has 0 aliphatic carbocycles. The predicted octanol–water partition coefficient (Wildman–Crippen LogP) is 4.58. The van der Waals surface area contributed by atoms with Crippen LogP contribution in [0.25, 0.3) is 22.0 Å². The fourth-order valence-corrected chi connectivity index (χ4v) is 4.29. The molecule has 0 bridgehead atoms. The van der Waals surface area contributed by atoms with Crippen LogP contribution in [-0.2, 0) is 14.3 Å². The lowest BCUT2D eigenvalue weighted by molar-refractivity contribution is -0.147. The third-order valence-electron chi connectivity index (χ3n) is 5.05. The number of benzene rings is 1. The Hall–Kier alpha value is -3.26. The molecule has 1 aliphatic heterocycles. The summed E-state index contributed by atoms with van der Waals surface area (Å²) in [6, 6.07) is 10.6. The van der Waals surface area contributed by atoms with Crippen LogP contribution in [-0.4, -0.2) is 41.1 Å². The van der Waals surface area contributed by atoms with Crippen molar-refractivity contribution in [2.75, 3.05) is 18.1 Å². The lowest BCUT2D eigenvalue weighted by Gasteiger charge is -2.34. The molecule has 1 amide bonds. The minimum atomic E-state index is -0.710. The molecule has 7 nitrogen and oxygen atoms in total. The summed E-state index contributed by atoms with van der Waals surface area (Å²) >= 11 is 1.50. The minimum Gasteiger partial charge on any atom is -0.482 e. The number of anilines is 1. The Labute approximate surface area is 191 Å². The molecule has 2 aromatic heterocycles. The molecule has 0 radical (unpaired) electrons. The first-order valence-electron chi connectivity index (χ1n) is 10.6. The number of esters is 1. The molecule has 166 valence electrons. The highest BCUT2D eigenvalue weighted by molar-refractivity contribution is 7.13. The van der Waals surface area contributed by atoms with Crippen molar-refractivity contribution in [1.29, 1.82) is 0 Å². The summed E-state index contributed by atoms with van der Waals surface area (Å²) in [5, 5.41) is 2.77. The second-order valence-electron chi connectivity index (χ2n) is 7.94. The molecular formula is C24H25N3O4S. The highest BCUT2D eigenvalue weighted by Gasteiger charge is 2.36. The fraction of sp³-hybridized carbons (Fsp3) is 0.333. The Morgan fingerprint density at radius 3 is 2.81 bits per heavy atom. The van der Waals surface area contributed by atoms with Crippen LogP contribution in [0.5, 0.6) is 5.75 Å². The molecule has 3 heterocycles. The molecule has 4 rings (SSSR count). The SMILES string of the molecule is CCC(C(=O)OCC(C)C)N1C(=O)COc2ccc(-c3csc(-c4ccccn4)n3)cc21. The zero-order chi connectivity index (χ0) is 22.7. The molecule has 0 N–H and O–H groups in total. The Kier molecular flexibility index (Phi) is 6.50. The average molecular weight is 452 g/mol. The summed E-state index contributed by atoms with van der Waals surface area (Å²) in [5.74, 6) is 0.103. The second-order valence-corrected chi connectivity index (χ2v) is 8.79. The maximum atomic E-state index is 12.8. The summed E-state index contributed by atoms with van der Waals surface area (Å²) in [4.78, 5) is 36.2. The van der Waals surface area contributed by atoms with Gasteiger partial charge in [0, 0.05) is 17.1 Å². The van der Waals surface area contributed by atoms with E-state index >= 15 is 0 Å². The van der Waals surface area contributed by atoms with Crippen molar-refractivity contribution >= 4 is 28.9 Å². The maximum absolute atomic E-state index is 12.8. The van der Waals surface area contributed by atoms with E-state index in [0.717, 1.165) is 22.0 Å². The number of hydrogen-bond acceptors (Lipinski definition) is 7. The Morgan fingerprint density at radius 1 is 1.25 bits per heavy atom. The molecule has 32 heavy (non-hydrogen) atoms. The van der Waals surface area contributed by atoms with Crippen LogP contribution < -0.4 is 9.64 Å². The monoisotopic (exact) mass is 451 g/mol. The van der Waals surface area contributed by atoms with Gasteiger partial charge in [-0.15, -0.1) is 11.3 Å². The molecule has 1 unspecified atom stereocenters. The quantitative estimate of drug-likeness (QED) is 0.489. The topological polar surface area (TPSA) is 81.6 Å². The number of thiazole rings is 1. The van der Waals surface area contributed by atoms with Crippen molar-refractivity contribution in [1.82, 2.24) is 9.97 Å². The molecule has 1 atom stereocenters. The molecule has 1 aliphatic rings. The summed E-state index contributed by atoms with van der Waals surface area (Å²) < 4.78 is 11.1. The second kappa shape index (κ2) is 9.48. The number of pyridine rings is 1. The summed E-state index contributed by atoms with van der Waals surface area (Å²) in [6.45, 7) is 6.02. The molecule has 0 fully saturated rings. The third-order valence-corrected chi connectivity index (χ3v) is 5.92. The number of hydrogen-bond donors (Lipinski definition) is 0. The fourth-order valence-electron chi connectivity index (χ4n) is 3.48. The van der Waals surface area contributed by atoms with Crippen LogP contribution >= 0.6 is 11.3 Å². The van der Waals surface area contributed by atoms with Gasteiger partial charge in [0.15, 0.2) is 6.61 Å². The molecule has 8 heteroatoms. The van der Waals surface area contributed by atoms with E-state index in [1.807, 2.05) is 62.5 Å². The van der Waals surface area contributed by atoms with Crippen molar-refractivity contribution in [3.05, 3.63) is 48.0 Å². The molecule has 0 spiro atoms. The number of nitrogens with zero attached hydrogens (tertiary/aromatic N) is 3. The van der Waals surface area contributed by atoms with E-state index < -0.39 is 12.0 Å². The summed E-state index contributed by atoms with van der Waals surface area (Å²) in [6.07, 6.45) is 2.17. The van der Waals surface area contributed by atoms with E-state index in [0.29, 0.717) is 24.5 Å². The third kappa shape index (κ3) is 4.50. The number of fused-ring (bicyclic) bond motifs is 1. The van der Waals surface area contributed by atoms with Gasteiger partial charge in [-0.2, -0.15) is 0 Å². The molecular weight excluding hydrogens is 426 g/mol. The summed E-state index contributed by atoms with van der Waals surface area (Å²) in [5.41, 5.74) is 2.96. The first kappa shape index (κ1) is 22.0. The van der Waals surface area contributed by atoms with Gasteiger partial charge < -0.3 is 9.47 Å². The van der Waals surface area contributed by atoms with Crippen molar-refractivity contribution in [3.8, 4) is 27.7 Å². The zero-order valence-electron chi connectivity index (χ0n) is 18.3. The Bertz CT molecular complexity index is 1110. The average Bonchev–Trinajstić information content (AvgIpc) is 3.30. The number of rotatable bonds is 7. The first-order chi connectivity index (χ1) is 15.5. The number of carbonyl (C=O) groups excluding carboxylic acids is 2. The molecule has 3 aromatic rings. The van der Waals surface area contributed by atoms with Gasteiger partial charge in [-0.3, -0.25) is 14.7 Å². The van der Waals surface area contributed by atoms with Crippen molar-refractivity contribution < 1.29 is 19.1 Å². The van der Waals surface area contributed by atoms with Gasteiger partial charge in [0.2, 0.25) is 0 Å². The number of amides is 1. The number of carbonyl (C=O) groups is 2. The minimum absolute atomic E-state index is 0.110. The van der Waals surface area contributed by atoms with E-state index in [1.165, 1.54) is 16.2 Å². The molecule has 1 aromatic carbocycles. The number of aromatic nitrogens is 2. The number of ether oxygens (including phenoxy) is 2. The zero-order valence-corrected chi connectivity index (χ0v) is 19.1. The Morgan fingerprint density at radius 2 is 2.09 bits per heavy atom. The van der Waals surface area contributed by atoms with Crippen LogP contribution in [0.3, 0.4) is 0 Å². The normalized spacial score (nSPS) is 14.1. The van der Waals surface area contributed by atoms with Gasteiger partial charge in [0.25, 0.3) is 5.91 Å². The predicted molar refractivity (Wildman–Crippen MR) is 124 cm³/mol. The maximum Gasteiger partial charge on any atom is 0.329 e. The lowest BCUT2D eigenvalue weighted by atomic mass is 10.1. The van der Waals surface area contributed by atoms with Gasteiger partial charge in [-0.1, -0.05) is 26.8 Å². The van der Waals surface area contributed by atoms with Crippen molar-refractivity contribution in [2.45, 2.75) is 33.2 Å². The standard InChI is InChI=1S/C24H25N3O4S/c1-4-19(24(29)31-12-15(2)3)27-20-11-16(8-9-21(20)30-13-22(27)28)18-14-32-23(26-18)17-7-5-6-10-25-17/h5-11,14-15,19H,4,12-13H2,1-3H3. The van der Waals surface area contributed by atoms with E-state index in [9.17, 15) is 9.59 Å². The van der Waals surface area contributed by atoms with Crippen molar-refractivity contribution in [3.63, 3.8) is 0 Å². The van der Waals surface area contributed by atoms with E-state index in [2.05, 4.69) is 4.98 Å². The lowest BCUT2D eigenvalue weighted by Crippen LogP contribution is -2.50. The smallest absolute Gasteiger partial charge is 0.329 e. The van der Waals surface area contributed by atoms with E-state index in [1.54, 1.807) is 6.20 Å². The van der Waals surface area contributed by atoms with Crippen molar-refractivity contribution in [2.24, 2.45) is 5.92 Å². The van der Waals surface area contributed by atoms with Gasteiger partial charge >= 0.3 is 5.97 Å². The molecule has 0 saturated carbocycles. The van der Waals surface area contributed by atoms with Gasteiger partial charge in [0.1, 0.15) is 16.8 Å². The Balaban J connectivity index is 1.67. The van der Waals surface area contributed by atoms with Gasteiger partial charge in [0.05, 0.1) is 23.7 Å². The largest absolute Gasteiger partial charge is 0.482 e. The highest BCUT2D eigenvalue weighted by atomic mass is 32.1. The van der Waals surface area contributed by atoms with Crippen LogP contribution in [0.4, 0.5) is 5.69 Å². The van der Waals surface area contributed by atoms with Gasteiger partial charge in [-0.25, -0.2) is 9.78 Å². The van der Waals surface area contributed by atoms with E-state index in [4.69, 9.17) is 14.5 Å².